The topological polar surface area (TPSA) is 50.7 Å². The van der Waals surface area contributed by atoms with E-state index in [-0.39, 0.29) is 5.82 Å². The predicted molar refractivity (Wildman–Crippen MR) is 59.6 cm³/mol. The zero-order chi connectivity index (χ0) is 13.2. The predicted octanol–water partition coefficient (Wildman–Crippen LogP) is 3.29. The molecule has 94 valence electrons. The molecule has 4 nitrogen and oxygen atoms in total. The van der Waals surface area contributed by atoms with Crippen molar-refractivity contribution in [3.8, 4) is 0 Å². The van der Waals surface area contributed by atoms with Crippen LogP contribution in [0.25, 0.3) is 0 Å². The molecular formula is C10H6ClF3N4. The van der Waals surface area contributed by atoms with Gasteiger partial charge in [0.25, 0.3) is 0 Å². The van der Waals surface area contributed by atoms with Gasteiger partial charge in [0.05, 0.1) is 0 Å². The Labute approximate surface area is 105 Å². The number of nitrogens with one attached hydrogen (secondary N) is 1. The summed E-state index contributed by atoms with van der Waals surface area (Å²) < 4.78 is 37.1. The first-order valence-corrected chi connectivity index (χ1v) is 5.12. The van der Waals surface area contributed by atoms with E-state index in [9.17, 15) is 13.2 Å². The number of rotatable bonds is 2. The van der Waals surface area contributed by atoms with Crippen LogP contribution in [0.2, 0.25) is 5.02 Å². The summed E-state index contributed by atoms with van der Waals surface area (Å²) in [5.74, 6) is -0.920. The maximum absolute atomic E-state index is 12.4. The molecule has 0 radical (unpaired) electrons. The third-order valence-electron chi connectivity index (χ3n) is 1.89. The maximum atomic E-state index is 12.4. The molecule has 0 aliphatic rings. The Bertz CT molecular complexity index is 559. The van der Waals surface area contributed by atoms with E-state index in [1.165, 1.54) is 18.3 Å². The molecule has 0 atom stereocenters. The molecule has 1 N–H and O–H groups in total. The second-order valence-electron chi connectivity index (χ2n) is 3.25. The number of aromatic nitrogens is 3. The molecule has 0 aromatic carbocycles. The highest BCUT2D eigenvalue weighted by Gasteiger charge is 2.34. The van der Waals surface area contributed by atoms with Crippen LogP contribution in [0, 0.1) is 0 Å². The molecule has 0 saturated heterocycles. The zero-order valence-electron chi connectivity index (χ0n) is 8.74. The van der Waals surface area contributed by atoms with Gasteiger partial charge in [-0.05, 0) is 18.2 Å². The van der Waals surface area contributed by atoms with Crippen LogP contribution in [0.5, 0.6) is 0 Å². The molecule has 2 aromatic heterocycles. The molecule has 0 unspecified atom stereocenters. The van der Waals surface area contributed by atoms with Crippen LogP contribution in [0.3, 0.4) is 0 Å². The molecule has 2 heterocycles. The molecule has 18 heavy (non-hydrogen) atoms. The standard InChI is InChI=1S/C10H6ClF3N4/c11-6-1-3-15-8(5-6)17-7-2-4-16-9(18-7)10(12,13)14/h1-5H,(H,15,16,17,18). The van der Waals surface area contributed by atoms with E-state index in [2.05, 4.69) is 20.3 Å². The van der Waals surface area contributed by atoms with Crippen LogP contribution in [-0.4, -0.2) is 15.0 Å². The van der Waals surface area contributed by atoms with Crippen molar-refractivity contribution in [2.24, 2.45) is 0 Å². The van der Waals surface area contributed by atoms with Crippen LogP contribution in [-0.2, 0) is 6.18 Å². The minimum Gasteiger partial charge on any atom is -0.325 e. The quantitative estimate of drug-likeness (QED) is 0.913. The molecule has 0 bridgehead atoms. The van der Waals surface area contributed by atoms with E-state index in [0.717, 1.165) is 6.20 Å². The molecular weight excluding hydrogens is 269 g/mol. The third-order valence-corrected chi connectivity index (χ3v) is 2.12. The largest absolute Gasteiger partial charge is 0.451 e. The van der Waals surface area contributed by atoms with Crippen LogP contribution in [0.1, 0.15) is 5.82 Å². The van der Waals surface area contributed by atoms with E-state index in [0.29, 0.717) is 10.8 Å². The lowest BCUT2D eigenvalue weighted by atomic mass is 10.4. The van der Waals surface area contributed by atoms with E-state index in [1.54, 1.807) is 6.07 Å². The summed E-state index contributed by atoms with van der Waals surface area (Å²) >= 11 is 5.72. The Balaban J connectivity index is 2.25. The number of anilines is 2. The van der Waals surface area contributed by atoms with E-state index >= 15 is 0 Å². The van der Waals surface area contributed by atoms with Gasteiger partial charge in [0, 0.05) is 17.4 Å². The van der Waals surface area contributed by atoms with Gasteiger partial charge in [-0.1, -0.05) is 11.6 Å². The fourth-order valence-electron chi connectivity index (χ4n) is 1.17. The van der Waals surface area contributed by atoms with Gasteiger partial charge in [0.2, 0.25) is 5.82 Å². The summed E-state index contributed by atoms with van der Waals surface area (Å²) in [6.07, 6.45) is -2.14. The Morgan fingerprint density at radius 1 is 1.06 bits per heavy atom. The van der Waals surface area contributed by atoms with Gasteiger partial charge in [-0.2, -0.15) is 13.2 Å². The molecule has 0 aliphatic heterocycles. The summed E-state index contributed by atoms with van der Waals surface area (Å²) in [7, 11) is 0. The van der Waals surface area contributed by atoms with Crippen molar-refractivity contribution in [3.05, 3.63) is 41.4 Å². The van der Waals surface area contributed by atoms with Crippen LogP contribution in [0.4, 0.5) is 24.8 Å². The van der Waals surface area contributed by atoms with E-state index in [1.807, 2.05) is 0 Å². The van der Waals surface area contributed by atoms with Crippen LogP contribution in [0.15, 0.2) is 30.6 Å². The number of hydrogen-bond acceptors (Lipinski definition) is 4. The third kappa shape index (κ3) is 3.07. The summed E-state index contributed by atoms with van der Waals surface area (Å²) in [5, 5.41) is 3.03. The normalized spacial score (nSPS) is 11.3. The summed E-state index contributed by atoms with van der Waals surface area (Å²) in [4.78, 5) is 10.4. The van der Waals surface area contributed by atoms with Crippen molar-refractivity contribution in [2.75, 3.05) is 5.32 Å². The van der Waals surface area contributed by atoms with Gasteiger partial charge in [-0.15, -0.1) is 0 Å². The van der Waals surface area contributed by atoms with Crippen molar-refractivity contribution in [3.63, 3.8) is 0 Å². The molecule has 2 aromatic rings. The van der Waals surface area contributed by atoms with Crippen molar-refractivity contribution >= 4 is 23.2 Å². The molecule has 8 heteroatoms. The Morgan fingerprint density at radius 3 is 2.44 bits per heavy atom. The van der Waals surface area contributed by atoms with Crippen LogP contribution >= 0.6 is 11.6 Å². The van der Waals surface area contributed by atoms with Gasteiger partial charge < -0.3 is 5.32 Å². The Hall–Kier alpha value is -1.89. The molecule has 0 saturated carbocycles. The first-order chi connectivity index (χ1) is 8.45. The lowest BCUT2D eigenvalue weighted by Gasteiger charge is -2.08. The minimum absolute atomic E-state index is 0.00732. The number of halogens is 4. The summed E-state index contributed by atoms with van der Waals surface area (Å²) in [6, 6.07) is 4.32. The van der Waals surface area contributed by atoms with Crippen molar-refractivity contribution < 1.29 is 13.2 Å². The van der Waals surface area contributed by atoms with Crippen LogP contribution < -0.4 is 5.32 Å². The fourth-order valence-corrected chi connectivity index (χ4v) is 1.33. The average Bonchev–Trinajstić information content (AvgIpc) is 2.28. The van der Waals surface area contributed by atoms with Gasteiger partial charge in [0.15, 0.2) is 0 Å². The SMILES string of the molecule is FC(F)(F)c1nccc(Nc2cc(Cl)ccn2)n1. The molecule has 0 spiro atoms. The molecule has 0 amide bonds. The van der Waals surface area contributed by atoms with E-state index in [4.69, 9.17) is 11.6 Å². The second-order valence-corrected chi connectivity index (χ2v) is 3.68. The van der Waals surface area contributed by atoms with Gasteiger partial charge >= 0.3 is 6.18 Å². The molecule has 2 rings (SSSR count). The van der Waals surface area contributed by atoms with Crippen molar-refractivity contribution in [1.82, 2.24) is 15.0 Å². The van der Waals surface area contributed by atoms with Crippen molar-refractivity contribution in [1.29, 1.82) is 0 Å². The first kappa shape index (κ1) is 12.6. The highest BCUT2D eigenvalue weighted by molar-refractivity contribution is 6.30. The minimum atomic E-state index is -4.58. The number of nitrogens with zero attached hydrogens (tertiary/aromatic N) is 3. The van der Waals surface area contributed by atoms with E-state index < -0.39 is 12.0 Å². The lowest BCUT2D eigenvalue weighted by molar-refractivity contribution is -0.144. The highest BCUT2D eigenvalue weighted by Crippen LogP contribution is 2.26. The summed E-state index contributed by atoms with van der Waals surface area (Å²) in [6.45, 7) is 0. The second kappa shape index (κ2) is 4.77. The lowest BCUT2D eigenvalue weighted by Crippen LogP contribution is -2.11. The zero-order valence-corrected chi connectivity index (χ0v) is 9.50. The molecule has 0 aliphatic carbocycles. The Morgan fingerprint density at radius 2 is 1.78 bits per heavy atom. The highest BCUT2D eigenvalue weighted by atomic mass is 35.5. The fraction of sp³-hybridized carbons (Fsp3) is 0.100. The number of hydrogen-bond donors (Lipinski definition) is 1. The van der Waals surface area contributed by atoms with Gasteiger partial charge in [-0.25, -0.2) is 15.0 Å². The average molecular weight is 275 g/mol. The Kier molecular flexibility index (Phi) is 3.33. The maximum Gasteiger partial charge on any atom is 0.451 e. The first-order valence-electron chi connectivity index (χ1n) is 4.74. The molecule has 0 fully saturated rings. The van der Waals surface area contributed by atoms with Gasteiger partial charge in [0.1, 0.15) is 11.6 Å². The smallest absolute Gasteiger partial charge is 0.325 e. The van der Waals surface area contributed by atoms with Crippen molar-refractivity contribution in [2.45, 2.75) is 6.18 Å². The van der Waals surface area contributed by atoms with Gasteiger partial charge in [-0.3, -0.25) is 0 Å². The summed E-state index contributed by atoms with van der Waals surface area (Å²) in [5.41, 5.74) is 0. The monoisotopic (exact) mass is 274 g/mol. The number of alkyl halides is 3. The number of pyridine rings is 1.